The van der Waals surface area contributed by atoms with Crippen LogP contribution in [0.15, 0.2) is 77.0 Å². The van der Waals surface area contributed by atoms with E-state index >= 15 is 0 Å². The SMILES string of the molecule is COc1ccc(C(CC(C)C)NC(=O)/C(=C/c2ccco2)NC(=O)c2cccc(C)c2)cc1. The maximum atomic E-state index is 13.3. The minimum atomic E-state index is -0.395. The second kappa shape index (κ2) is 11.2. The molecule has 6 nitrogen and oxygen atoms in total. The lowest BCUT2D eigenvalue weighted by Gasteiger charge is -2.22. The van der Waals surface area contributed by atoms with Crippen LogP contribution in [0, 0.1) is 12.8 Å². The lowest BCUT2D eigenvalue weighted by molar-refractivity contribution is -0.118. The smallest absolute Gasteiger partial charge is 0.268 e. The molecule has 0 saturated heterocycles. The molecule has 0 radical (unpaired) electrons. The Hall–Kier alpha value is -3.80. The van der Waals surface area contributed by atoms with E-state index in [0.29, 0.717) is 17.2 Å². The first-order valence-corrected chi connectivity index (χ1v) is 10.9. The van der Waals surface area contributed by atoms with E-state index in [4.69, 9.17) is 9.15 Å². The van der Waals surface area contributed by atoms with Crippen molar-refractivity contribution in [3.05, 3.63) is 95.1 Å². The molecule has 0 fully saturated rings. The van der Waals surface area contributed by atoms with Crippen molar-refractivity contribution in [2.24, 2.45) is 5.92 Å². The highest BCUT2D eigenvalue weighted by Crippen LogP contribution is 2.24. The molecule has 6 heteroatoms. The monoisotopic (exact) mass is 446 g/mol. The van der Waals surface area contributed by atoms with Crippen LogP contribution in [0.1, 0.15) is 53.6 Å². The zero-order valence-electron chi connectivity index (χ0n) is 19.4. The van der Waals surface area contributed by atoms with Crippen LogP contribution in [-0.4, -0.2) is 18.9 Å². The average molecular weight is 447 g/mol. The molecule has 2 aromatic carbocycles. The molecule has 1 atom stereocenters. The molecule has 0 aliphatic rings. The summed E-state index contributed by atoms with van der Waals surface area (Å²) in [5.41, 5.74) is 2.50. The second-order valence-corrected chi connectivity index (χ2v) is 8.33. The zero-order chi connectivity index (χ0) is 23.8. The first-order chi connectivity index (χ1) is 15.9. The van der Waals surface area contributed by atoms with Gasteiger partial charge in [-0.2, -0.15) is 0 Å². The van der Waals surface area contributed by atoms with E-state index in [1.54, 1.807) is 31.4 Å². The summed E-state index contributed by atoms with van der Waals surface area (Å²) in [5.74, 6) is 0.800. The van der Waals surface area contributed by atoms with E-state index < -0.39 is 5.91 Å². The van der Waals surface area contributed by atoms with E-state index in [2.05, 4.69) is 24.5 Å². The minimum absolute atomic E-state index is 0.110. The summed E-state index contributed by atoms with van der Waals surface area (Å²) in [6.45, 7) is 6.11. The Bertz CT molecular complexity index is 1100. The predicted octanol–water partition coefficient (Wildman–Crippen LogP) is 5.27. The highest BCUT2D eigenvalue weighted by Gasteiger charge is 2.21. The Balaban J connectivity index is 1.86. The van der Waals surface area contributed by atoms with Crippen LogP contribution in [0.25, 0.3) is 6.08 Å². The Morgan fingerprint density at radius 2 is 1.82 bits per heavy atom. The summed E-state index contributed by atoms with van der Waals surface area (Å²) in [7, 11) is 1.62. The lowest BCUT2D eigenvalue weighted by Crippen LogP contribution is -2.37. The fourth-order valence-electron chi connectivity index (χ4n) is 3.48. The molecule has 0 bridgehead atoms. The number of amides is 2. The molecule has 2 N–H and O–H groups in total. The molecule has 3 rings (SSSR count). The fraction of sp³-hybridized carbons (Fsp3) is 0.259. The van der Waals surface area contributed by atoms with Gasteiger partial charge in [-0.05, 0) is 61.2 Å². The van der Waals surface area contributed by atoms with Gasteiger partial charge in [-0.25, -0.2) is 0 Å². The minimum Gasteiger partial charge on any atom is -0.497 e. The number of hydrogen-bond donors (Lipinski definition) is 2. The third-order valence-corrected chi connectivity index (χ3v) is 5.13. The van der Waals surface area contributed by atoms with Crippen LogP contribution in [0.2, 0.25) is 0 Å². The highest BCUT2D eigenvalue weighted by molar-refractivity contribution is 6.05. The molecular weight excluding hydrogens is 416 g/mol. The molecule has 0 saturated carbocycles. The number of aryl methyl sites for hydroxylation is 1. The molecule has 2 amide bonds. The van der Waals surface area contributed by atoms with Crippen LogP contribution < -0.4 is 15.4 Å². The quantitative estimate of drug-likeness (QED) is 0.439. The molecule has 33 heavy (non-hydrogen) atoms. The Morgan fingerprint density at radius 1 is 1.06 bits per heavy atom. The average Bonchev–Trinajstić information content (AvgIpc) is 3.31. The number of furan rings is 1. The largest absolute Gasteiger partial charge is 0.497 e. The van der Waals surface area contributed by atoms with E-state index in [-0.39, 0.29) is 17.6 Å². The van der Waals surface area contributed by atoms with Crippen molar-refractivity contribution >= 4 is 17.9 Å². The number of benzene rings is 2. The number of nitrogens with one attached hydrogen (secondary N) is 2. The molecule has 172 valence electrons. The van der Waals surface area contributed by atoms with Gasteiger partial charge in [0.25, 0.3) is 11.8 Å². The molecular formula is C27H30N2O4. The summed E-state index contributed by atoms with van der Waals surface area (Å²) in [5, 5.41) is 5.84. The number of carbonyl (C=O) groups excluding carboxylic acids is 2. The van der Waals surface area contributed by atoms with Gasteiger partial charge in [0.1, 0.15) is 17.2 Å². The van der Waals surface area contributed by atoms with Gasteiger partial charge in [-0.15, -0.1) is 0 Å². The van der Waals surface area contributed by atoms with Crippen molar-refractivity contribution in [2.75, 3.05) is 7.11 Å². The maximum Gasteiger partial charge on any atom is 0.268 e. The summed E-state index contributed by atoms with van der Waals surface area (Å²) >= 11 is 0. The Labute approximate surface area is 194 Å². The lowest BCUT2D eigenvalue weighted by atomic mass is 9.96. The van der Waals surface area contributed by atoms with Crippen LogP contribution >= 0.6 is 0 Å². The van der Waals surface area contributed by atoms with Gasteiger partial charge in [0.15, 0.2) is 0 Å². The standard InChI is InChI=1S/C27H30N2O4/c1-18(2)15-24(20-10-12-22(32-4)13-11-20)28-27(31)25(17-23-9-6-14-33-23)29-26(30)21-8-5-7-19(3)16-21/h5-14,16-18,24H,15H2,1-4H3,(H,28,31)(H,29,30)/b25-17-. The first-order valence-electron chi connectivity index (χ1n) is 10.9. The van der Waals surface area contributed by atoms with Crippen molar-refractivity contribution in [3.63, 3.8) is 0 Å². The van der Waals surface area contributed by atoms with Gasteiger partial charge in [-0.3, -0.25) is 9.59 Å². The van der Waals surface area contributed by atoms with Crippen LogP contribution in [0.5, 0.6) is 5.75 Å². The van der Waals surface area contributed by atoms with E-state index in [1.807, 2.05) is 43.3 Å². The van der Waals surface area contributed by atoms with Crippen molar-refractivity contribution in [1.82, 2.24) is 10.6 Å². The second-order valence-electron chi connectivity index (χ2n) is 8.33. The van der Waals surface area contributed by atoms with Crippen LogP contribution in [-0.2, 0) is 4.79 Å². The molecule has 0 aliphatic heterocycles. The summed E-state index contributed by atoms with van der Waals surface area (Å²) in [6, 6.07) is 18.0. The van der Waals surface area contributed by atoms with E-state index in [0.717, 1.165) is 23.3 Å². The van der Waals surface area contributed by atoms with Crippen molar-refractivity contribution in [2.45, 2.75) is 33.2 Å². The molecule has 0 spiro atoms. The highest BCUT2D eigenvalue weighted by atomic mass is 16.5. The molecule has 1 heterocycles. The van der Waals surface area contributed by atoms with Crippen molar-refractivity contribution in [1.29, 1.82) is 0 Å². The first kappa shape index (κ1) is 23.9. The Morgan fingerprint density at radius 3 is 2.42 bits per heavy atom. The van der Waals surface area contributed by atoms with Gasteiger partial charge in [0, 0.05) is 11.6 Å². The molecule has 1 aromatic heterocycles. The number of methoxy groups -OCH3 is 1. The third-order valence-electron chi connectivity index (χ3n) is 5.13. The molecule has 1 unspecified atom stereocenters. The predicted molar refractivity (Wildman–Crippen MR) is 129 cm³/mol. The third kappa shape index (κ3) is 6.84. The van der Waals surface area contributed by atoms with Gasteiger partial charge >= 0.3 is 0 Å². The summed E-state index contributed by atoms with van der Waals surface area (Å²) < 4.78 is 10.6. The number of rotatable bonds is 9. The van der Waals surface area contributed by atoms with Crippen molar-refractivity contribution < 1.29 is 18.7 Å². The van der Waals surface area contributed by atoms with E-state index in [9.17, 15) is 9.59 Å². The van der Waals surface area contributed by atoms with Gasteiger partial charge in [0.2, 0.25) is 0 Å². The van der Waals surface area contributed by atoms with Crippen LogP contribution in [0.3, 0.4) is 0 Å². The normalized spacial score (nSPS) is 12.3. The molecule has 0 aliphatic carbocycles. The summed E-state index contributed by atoms with van der Waals surface area (Å²) in [4.78, 5) is 26.2. The Kier molecular flexibility index (Phi) is 8.08. The van der Waals surface area contributed by atoms with Gasteiger partial charge in [0.05, 0.1) is 19.4 Å². The maximum absolute atomic E-state index is 13.3. The fourth-order valence-corrected chi connectivity index (χ4v) is 3.48. The number of hydrogen-bond acceptors (Lipinski definition) is 4. The molecule has 3 aromatic rings. The van der Waals surface area contributed by atoms with E-state index in [1.165, 1.54) is 12.3 Å². The van der Waals surface area contributed by atoms with Gasteiger partial charge < -0.3 is 19.8 Å². The van der Waals surface area contributed by atoms with Gasteiger partial charge in [-0.1, -0.05) is 43.7 Å². The summed E-state index contributed by atoms with van der Waals surface area (Å²) in [6.07, 6.45) is 3.78. The van der Waals surface area contributed by atoms with Crippen LogP contribution in [0.4, 0.5) is 0 Å². The number of ether oxygens (including phenoxy) is 1. The topological polar surface area (TPSA) is 80.6 Å². The zero-order valence-corrected chi connectivity index (χ0v) is 19.4. The number of carbonyl (C=O) groups is 2. The van der Waals surface area contributed by atoms with Crippen molar-refractivity contribution in [3.8, 4) is 5.75 Å².